The molecule has 7 nitrogen and oxygen atoms in total. The van der Waals surface area contributed by atoms with Gasteiger partial charge in [0.05, 0.1) is 15.8 Å². The highest BCUT2D eigenvalue weighted by Gasteiger charge is 2.15. The van der Waals surface area contributed by atoms with Crippen molar-refractivity contribution in [3.8, 4) is 0 Å². The normalized spacial score (nSPS) is 10.8. The number of carbonyl (C=O) groups excluding carboxylic acids is 2. The maximum atomic E-state index is 12.4. The summed E-state index contributed by atoms with van der Waals surface area (Å²) >= 11 is 13.2. The summed E-state index contributed by atoms with van der Waals surface area (Å²) in [7, 11) is 0. The van der Waals surface area contributed by atoms with E-state index in [0.29, 0.717) is 40.3 Å². The highest BCUT2D eigenvalue weighted by atomic mass is 35.5. The molecule has 0 aliphatic heterocycles. The van der Waals surface area contributed by atoms with E-state index in [1.54, 1.807) is 12.1 Å². The molecule has 33 heavy (non-hydrogen) atoms. The van der Waals surface area contributed by atoms with Crippen LogP contribution in [0.25, 0.3) is 0 Å². The maximum absolute atomic E-state index is 12.4. The molecule has 2 N–H and O–H groups in total. The lowest BCUT2D eigenvalue weighted by molar-refractivity contribution is -0.113. The zero-order valence-electron chi connectivity index (χ0n) is 18.4. The molecule has 0 bridgehead atoms. The second-order valence-corrected chi connectivity index (χ2v) is 8.88. The molecular weight excluding hydrogens is 481 g/mol. The van der Waals surface area contributed by atoms with Gasteiger partial charge in [0.1, 0.15) is 5.82 Å². The molecule has 0 aliphatic carbocycles. The number of halogens is 2. The van der Waals surface area contributed by atoms with E-state index in [1.807, 2.05) is 35.8 Å². The van der Waals surface area contributed by atoms with Crippen molar-refractivity contribution in [3.63, 3.8) is 0 Å². The van der Waals surface area contributed by atoms with E-state index in [4.69, 9.17) is 23.2 Å². The summed E-state index contributed by atoms with van der Waals surface area (Å²) in [5, 5.41) is 15.7. The molecule has 3 rings (SSSR count). The number of amides is 2. The van der Waals surface area contributed by atoms with Gasteiger partial charge in [0.2, 0.25) is 5.91 Å². The van der Waals surface area contributed by atoms with E-state index >= 15 is 0 Å². The second kappa shape index (κ2) is 12.1. The number of aromatic nitrogens is 3. The Balaban J connectivity index is 1.53. The third-order valence-electron chi connectivity index (χ3n) is 4.93. The van der Waals surface area contributed by atoms with Crippen LogP contribution in [0.2, 0.25) is 10.0 Å². The van der Waals surface area contributed by atoms with Crippen molar-refractivity contribution < 1.29 is 9.59 Å². The van der Waals surface area contributed by atoms with E-state index in [9.17, 15) is 9.59 Å². The van der Waals surface area contributed by atoms with Crippen molar-refractivity contribution in [2.75, 3.05) is 17.6 Å². The van der Waals surface area contributed by atoms with E-state index in [-0.39, 0.29) is 17.6 Å². The Hall–Kier alpha value is -2.55. The van der Waals surface area contributed by atoms with Gasteiger partial charge in [-0.1, -0.05) is 60.1 Å². The quantitative estimate of drug-likeness (QED) is 0.383. The third kappa shape index (κ3) is 6.72. The highest BCUT2D eigenvalue weighted by molar-refractivity contribution is 7.99. The molecule has 3 aromatic rings. The first-order chi connectivity index (χ1) is 15.9. The second-order valence-electron chi connectivity index (χ2n) is 7.13. The van der Waals surface area contributed by atoms with Gasteiger partial charge in [-0.3, -0.25) is 9.59 Å². The zero-order valence-corrected chi connectivity index (χ0v) is 20.7. The number of aryl methyl sites for hydroxylation is 1. The summed E-state index contributed by atoms with van der Waals surface area (Å²) in [5.74, 6) is 0.632. The van der Waals surface area contributed by atoms with E-state index in [2.05, 4.69) is 27.8 Å². The Morgan fingerprint density at radius 3 is 2.58 bits per heavy atom. The van der Waals surface area contributed by atoms with Gasteiger partial charge in [-0.15, -0.1) is 10.2 Å². The fraction of sp³-hybridized carbons (Fsp3) is 0.304. The van der Waals surface area contributed by atoms with Crippen molar-refractivity contribution in [3.05, 3.63) is 69.5 Å². The Kier molecular flexibility index (Phi) is 9.17. The zero-order chi connectivity index (χ0) is 23.8. The van der Waals surface area contributed by atoms with Crippen LogP contribution in [0.5, 0.6) is 0 Å². The number of thioether (sulfide) groups is 1. The minimum absolute atomic E-state index is 0.0954. The lowest BCUT2D eigenvalue weighted by Crippen LogP contribution is -2.26. The van der Waals surface area contributed by atoms with Crippen molar-refractivity contribution in [2.45, 2.75) is 38.4 Å². The largest absolute Gasteiger partial charge is 0.352 e. The van der Waals surface area contributed by atoms with Gasteiger partial charge in [-0.25, -0.2) is 0 Å². The Bertz CT molecular complexity index is 1140. The highest BCUT2D eigenvalue weighted by Crippen LogP contribution is 2.23. The Morgan fingerprint density at radius 2 is 1.85 bits per heavy atom. The van der Waals surface area contributed by atoms with Gasteiger partial charge in [0.25, 0.3) is 5.91 Å². The molecule has 0 saturated carbocycles. The van der Waals surface area contributed by atoms with Crippen molar-refractivity contribution >= 4 is 52.5 Å². The first-order valence-corrected chi connectivity index (χ1v) is 12.3. The van der Waals surface area contributed by atoms with Gasteiger partial charge in [-0.05, 0) is 43.2 Å². The van der Waals surface area contributed by atoms with Gasteiger partial charge in [-0.2, -0.15) is 0 Å². The minimum Gasteiger partial charge on any atom is -0.352 e. The van der Waals surface area contributed by atoms with Gasteiger partial charge in [0, 0.05) is 30.8 Å². The fourth-order valence-corrected chi connectivity index (χ4v) is 4.34. The predicted octanol–water partition coefficient (Wildman–Crippen LogP) is 4.87. The van der Waals surface area contributed by atoms with Crippen LogP contribution in [0.4, 0.5) is 5.69 Å². The molecular formula is C23H25Cl2N5O2S. The van der Waals surface area contributed by atoms with Gasteiger partial charge in [0.15, 0.2) is 5.16 Å². The average molecular weight is 506 g/mol. The molecule has 1 heterocycles. The molecule has 0 saturated heterocycles. The van der Waals surface area contributed by atoms with E-state index in [1.165, 1.54) is 17.8 Å². The summed E-state index contributed by atoms with van der Waals surface area (Å²) in [4.78, 5) is 24.8. The summed E-state index contributed by atoms with van der Waals surface area (Å²) in [6, 6.07) is 12.5. The standard InChI is InChI=1S/C23H25Cl2N5O2S/c1-3-15-7-5-6-8-19(15)27-21(31)14-33-23-29-28-20(30(23)4-2)11-12-26-22(32)16-9-10-17(24)18(25)13-16/h5-10,13H,3-4,11-12,14H2,1-2H3,(H,26,32)(H,27,31). The van der Waals surface area contributed by atoms with Crippen LogP contribution in [-0.4, -0.2) is 38.9 Å². The monoisotopic (exact) mass is 505 g/mol. The first-order valence-electron chi connectivity index (χ1n) is 10.6. The summed E-state index contributed by atoms with van der Waals surface area (Å²) < 4.78 is 1.95. The van der Waals surface area contributed by atoms with Crippen LogP contribution in [0.1, 0.15) is 35.6 Å². The van der Waals surface area contributed by atoms with E-state index in [0.717, 1.165) is 23.5 Å². The van der Waals surface area contributed by atoms with Crippen LogP contribution in [0.15, 0.2) is 47.6 Å². The number of benzene rings is 2. The molecule has 0 fully saturated rings. The Morgan fingerprint density at radius 1 is 1.06 bits per heavy atom. The number of hydrogen-bond donors (Lipinski definition) is 2. The molecule has 0 unspecified atom stereocenters. The minimum atomic E-state index is -0.241. The number of nitrogens with one attached hydrogen (secondary N) is 2. The molecule has 2 amide bonds. The topological polar surface area (TPSA) is 88.9 Å². The summed E-state index contributed by atoms with van der Waals surface area (Å²) in [6.07, 6.45) is 1.35. The lowest BCUT2D eigenvalue weighted by atomic mass is 10.1. The molecule has 10 heteroatoms. The Labute approximate surface area is 207 Å². The molecule has 174 valence electrons. The number of rotatable bonds is 10. The van der Waals surface area contributed by atoms with Gasteiger partial charge >= 0.3 is 0 Å². The maximum Gasteiger partial charge on any atom is 0.251 e. The van der Waals surface area contributed by atoms with Crippen LogP contribution < -0.4 is 10.6 Å². The number of para-hydroxylation sites is 1. The third-order valence-corrected chi connectivity index (χ3v) is 6.64. The number of hydrogen-bond acceptors (Lipinski definition) is 5. The summed E-state index contributed by atoms with van der Waals surface area (Å²) in [6.45, 7) is 5.09. The van der Waals surface area contributed by atoms with Crippen LogP contribution in [0, 0.1) is 0 Å². The molecule has 0 atom stereocenters. The predicted molar refractivity (Wildman–Crippen MR) is 133 cm³/mol. The van der Waals surface area contributed by atoms with Crippen LogP contribution in [0.3, 0.4) is 0 Å². The van der Waals surface area contributed by atoms with Gasteiger partial charge < -0.3 is 15.2 Å². The van der Waals surface area contributed by atoms with Crippen molar-refractivity contribution in [1.82, 2.24) is 20.1 Å². The lowest BCUT2D eigenvalue weighted by Gasteiger charge is -2.10. The first kappa shape index (κ1) is 25.1. The molecule has 1 aromatic heterocycles. The average Bonchev–Trinajstić information content (AvgIpc) is 3.21. The van der Waals surface area contributed by atoms with Crippen molar-refractivity contribution in [1.29, 1.82) is 0 Å². The fourth-order valence-electron chi connectivity index (χ4n) is 3.22. The van der Waals surface area contributed by atoms with E-state index < -0.39 is 0 Å². The SMILES string of the molecule is CCc1ccccc1NC(=O)CSc1nnc(CCNC(=O)c2ccc(Cl)c(Cl)c2)n1CC. The van der Waals surface area contributed by atoms with Crippen molar-refractivity contribution in [2.24, 2.45) is 0 Å². The number of carbonyl (C=O) groups is 2. The van der Waals surface area contributed by atoms with Crippen LogP contribution >= 0.6 is 35.0 Å². The number of nitrogens with zero attached hydrogens (tertiary/aromatic N) is 3. The smallest absolute Gasteiger partial charge is 0.251 e. The molecule has 2 aromatic carbocycles. The molecule has 0 spiro atoms. The summed E-state index contributed by atoms with van der Waals surface area (Å²) in [5.41, 5.74) is 2.37. The molecule has 0 radical (unpaired) electrons. The van der Waals surface area contributed by atoms with Crippen LogP contribution in [-0.2, 0) is 24.2 Å². The number of anilines is 1. The molecule has 0 aliphatic rings.